The van der Waals surface area contributed by atoms with Crippen molar-refractivity contribution in [1.29, 1.82) is 0 Å². The van der Waals surface area contributed by atoms with Gasteiger partial charge in [0.25, 0.3) is 0 Å². The Hall–Kier alpha value is -3.09. The summed E-state index contributed by atoms with van der Waals surface area (Å²) in [5, 5.41) is 3.86. The van der Waals surface area contributed by atoms with E-state index in [4.69, 9.17) is 19.0 Å². The lowest BCUT2D eigenvalue weighted by Crippen LogP contribution is -2.04. The van der Waals surface area contributed by atoms with Crippen LogP contribution in [0.2, 0.25) is 0 Å². The number of rotatable bonds is 14. The summed E-state index contributed by atoms with van der Waals surface area (Å²) >= 11 is 0. The molecule has 32 heavy (non-hydrogen) atoms. The number of unbranched alkanes of at least 4 members (excludes halogenated alkanes) is 3. The van der Waals surface area contributed by atoms with E-state index in [1.807, 2.05) is 38.1 Å². The highest BCUT2D eigenvalue weighted by Crippen LogP contribution is 2.28. The molecule has 0 spiro atoms. The molecule has 7 heteroatoms. The lowest BCUT2D eigenvalue weighted by molar-refractivity contribution is 0.213. The number of oxime groups is 1. The summed E-state index contributed by atoms with van der Waals surface area (Å²) in [4.78, 5) is 13.2. The fourth-order valence-electron chi connectivity index (χ4n) is 3.12. The first-order valence-corrected chi connectivity index (χ1v) is 11.1. The first-order chi connectivity index (χ1) is 15.5. The van der Waals surface area contributed by atoms with E-state index in [-0.39, 0.29) is 0 Å². The van der Waals surface area contributed by atoms with E-state index in [1.165, 1.54) is 7.11 Å². The molecule has 1 aromatic heterocycles. The molecule has 0 aliphatic rings. The number of allylic oxidation sites excluding steroid dienone is 1. The number of hydrogen-bond donors (Lipinski definition) is 0. The van der Waals surface area contributed by atoms with Gasteiger partial charge in [0.1, 0.15) is 25.2 Å². The zero-order valence-corrected chi connectivity index (χ0v) is 19.9. The van der Waals surface area contributed by atoms with E-state index in [9.17, 15) is 0 Å². The molecule has 2 aromatic rings. The smallest absolute Gasteiger partial charge is 0.316 e. The van der Waals surface area contributed by atoms with Gasteiger partial charge in [0, 0.05) is 18.0 Å². The van der Waals surface area contributed by atoms with E-state index < -0.39 is 0 Å². The molecule has 7 nitrogen and oxygen atoms in total. The molecule has 1 aromatic carbocycles. The Bertz CT molecular complexity index is 856. The number of benzene rings is 1. The van der Waals surface area contributed by atoms with Gasteiger partial charge in [0.15, 0.2) is 0 Å². The van der Waals surface area contributed by atoms with Crippen molar-refractivity contribution in [3.05, 3.63) is 53.4 Å². The van der Waals surface area contributed by atoms with Crippen LogP contribution in [0.5, 0.6) is 17.5 Å². The molecular weight excluding hydrogens is 406 g/mol. The third kappa shape index (κ3) is 8.57. The number of nitrogens with zero attached hydrogens (tertiary/aromatic N) is 3. The van der Waals surface area contributed by atoms with Crippen molar-refractivity contribution < 1.29 is 19.0 Å². The third-order valence-electron chi connectivity index (χ3n) is 4.81. The van der Waals surface area contributed by atoms with Crippen molar-refractivity contribution in [3.8, 4) is 17.5 Å². The Balaban J connectivity index is 1.62. The first-order valence-electron chi connectivity index (χ1n) is 11.1. The van der Waals surface area contributed by atoms with Crippen LogP contribution < -0.4 is 14.2 Å². The number of ether oxygens (including phenoxy) is 3. The second-order valence-corrected chi connectivity index (χ2v) is 7.49. The summed E-state index contributed by atoms with van der Waals surface area (Å²) in [5.74, 6) is 1.83. The summed E-state index contributed by atoms with van der Waals surface area (Å²) in [7, 11) is 1.51. The Morgan fingerprint density at radius 2 is 1.56 bits per heavy atom. The molecule has 0 N–H and O–H groups in total. The minimum Gasteiger partial charge on any atom is -0.493 e. The van der Waals surface area contributed by atoms with Crippen LogP contribution in [0.4, 0.5) is 0 Å². The van der Waals surface area contributed by atoms with Crippen molar-refractivity contribution in [2.75, 3.05) is 26.9 Å². The lowest BCUT2D eigenvalue weighted by Gasteiger charge is -2.14. The molecule has 0 aliphatic carbocycles. The number of hydrogen-bond acceptors (Lipinski definition) is 7. The van der Waals surface area contributed by atoms with E-state index in [2.05, 4.69) is 29.0 Å². The average Bonchev–Trinajstić information content (AvgIpc) is 2.78. The van der Waals surface area contributed by atoms with Gasteiger partial charge in [0.2, 0.25) is 0 Å². The van der Waals surface area contributed by atoms with Crippen molar-refractivity contribution in [3.63, 3.8) is 0 Å². The van der Waals surface area contributed by atoms with Crippen LogP contribution in [-0.4, -0.2) is 42.6 Å². The van der Waals surface area contributed by atoms with Crippen LogP contribution in [0.25, 0.3) is 0 Å². The minimum absolute atomic E-state index is 0.381. The molecule has 174 valence electrons. The van der Waals surface area contributed by atoms with E-state index >= 15 is 0 Å². The normalized spacial score (nSPS) is 11.6. The van der Waals surface area contributed by atoms with Gasteiger partial charge >= 0.3 is 6.01 Å². The van der Waals surface area contributed by atoms with Gasteiger partial charge in [-0.3, -0.25) is 0 Å². The van der Waals surface area contributed by atoms with Crippen LogP contribution in [-0.2, 0) is 4.84 Å². The molecule has 0 radical (unpaired) electrons. The molecule has 0 unspecified atom stereocenters. The Morgan fingerprint density at radius 3 is 2.16 bits per heavy atom. The molecule has 0 amide bonds. The van der Waals surface area contributed by atoms with Crippen molar-refractivity contribution in [1.82, 2.24) is 9.97 Å². The van der Waals surface area contributed by atoms with Crippen molar-refractivity contribution in [2.45, 2.75) is 53.4 Å². The highest BCUT2D eigenvalue weighted by atomic mass is 16.6. The summed E-state index contributed by atoms with van der Waals surface area (Å²) in [6.07, 6.45) is 11.4. The maximum absolute atomic E-state index is 6.03. The highest BCUT2D eigenvalue weighted by Gasteiger charge is 2.07. The van der Waals surface area contributed by atoms with E-state index in [0.29, 0.717) is 25.8 Å². The second-order valence-electron chi connectivity index (χ2n) is 7.49. The molecule has 0 saturated heterocycles. The Labute approximate surface area is 191 Å². The molecule has 1 heterocycles. The summed E-state index contributed by atoms with van der Waals surface area (Å²) in [5.41, 5.74) is 3.73. The highest BCUT2D eigenvalue weighted by molar-refractivity contribution is 5.97. The third-order valence-corrected chi connectivity index (χ3v) is 4.81. The van der Waals surface area contributed by atoms with Crippen LogP contribution in [0.15, 0.2) is 41.8 Å². The molecule has 0 aliphatic heterocycles. The van der Waals surface area contributed by atoms with Crippen LogP contribution in [0.1, 0.15) is 56.2 Å². The molecule has 0 saturated carbocycles. The predicted octanol–water partition coefficient (Wildman–Crippen LogP) is 5.44. The van der Waals surface area contributed by atoms with E-state index in [1.54, 1.807) is 12.4 Å². The molecule has 0 fully saturated rings. The van der Waals surface area contributed by atoms with Gasteiger partial charge in [-0.15, -0.1) is 0 Å². The monoisotopic (exact) mass is 441 g/mol. The molecule has 0 bridgehead atoms. The van der Waals surface area contributed by atoms with Gasteiger partial charge in [0.05, 0.1) is 18.9 Å². The zero-order valence-electron chi connectivity index (χ0n) is 19.9. The maximum atomic E-state index is 6.03. The fraction of sp³-hybridized carbons (Fsp3) is 0.480. The summed E-state index contributed by atoms with van der Waals surface area (Å²) < 4.78 is 17.4. The van der Waals surface area contributed by atoms with Gasteiger partial charge in [-0.05, 0) is 76.6 Å². The molecule has 0 atom stereocenters. The Morgan fingerprint density at radius 1 is 0.938 bits per heavy atom. The van der Waals surface area contributed by atoms with Gasteiger partial charge in [-0.2, -0.15) is 0 Å². The summed E-state index contributed by atoms with van der Waals surface area (Å²) in [6, 6.07) is 4.44. The van der Waals surface area contributed by atoms with Gasteiger partial charge < -0.3 is 19.0 Å². The van der Waals surface area contributed by atoms with Crippen LogP contribution in [0, 0.1) is 13.8 Å². The predicted molar refractivity (Wildman–Crippen MR) is 127 cm³/mol. The maximum Gasteiger partial charge on any atom is 0.316 e. The SMILES string of the molecule is C/C=C/COc1cc(C)c(OCCCCCCOc2ncc(C(C)=NOC)cn2)c(C)c1. The largest absolute Gasteiger partial charge is 0.493 e. The van der Waals surface area contributed by atoms with Gasteiger partial charge in [-0.25, -0.2) is 9.97 Å². The Kier molecular flexibility index (Phi) is 11.1. The van der Waals surface area contributed by atoms with Gasteiger partial charge in [-0.1, -0.05) is 17.3 Å². The van der Waals surface area contributed by atoms with Crippen LogP contribution in [0.3, 0.4) is 0 Å². The standard InChI is InChI=1S/C25H35N3O4/c1-6-7-12-30-23-15-19(2)24(20(3)16-23)31-13-10-8-9-11-14-32-25-26-17-22(18-27-25)21(4)28-29-5/h6-7,15-18H,8-14H2,1-5H3/b7-6+,28-21?. The lowest BCUT2D eigenvalue weighted by atomic mass is 10.1. The van der Waals surface area contributed by atoms with Crippen molar-refractivity contribution in [2.24, 2.45) is 5.16 Å². The zero-order chi connectivity index (χ0) is 23.2. The molecular formula is C25H35N3O4. The quantitative estimate of drug-likeness (QED) is 0.168. The average molecular weight is 442 g/mol. The fourth-order valence-corrected chi connectivity index (χ4v) is 3.12. The number of aryl methyl sites for hydroxylation is 2. The summed E-state index contributed by atoms with van der Waals surface area (Å²) in [6.45, 7) is 9.82. The van der Waals surface area contributed by atoms with Crippen molar-refractivity contribution >= 4 is 5.71 Å². The van der Waals surface area contributed by atoms with Crippen LogP contribution >= 0.6 is 0 Å². The minimum atomic E-state index is 0.381. The first kappa shape index (κ1) is 25.2. The topological polar surface area (TPSA) is 75.1 Å². The second kappa shape index (κ2) is 14.1. The molecule has 2 rings (SSSR count). The van der Waals surface area contributed by atoms with E-state index in [0.717, 1.165) is 59.6 Å². The number of aromatic nitrogens is 2.